The maximum atomic E-state index is 13.3. The van der Waals surface area contributed by atoms with E-state index in [1.54, 1.807) is 0 Å². The van der Waals surface area contributed by atoms with Crippen LogP contribution in [0.15, 0.2) is 18.2 Å². The van der Waals surface area contributed by atoms with E-state index in [1.807, 2.05) is 16.7 Å². The minimum Gasteiger partial charge on any atom is -0.365 e. The third-order valence-corrected chi connectivity index (χ3v) is 3.80. The number of nitro groups is 1. The number of anilines is 1. The lowest BCUT2D eigenvalue weighted by Crippen LogP contribution is -2.39. The van der Waals surface area contributed by atoms with Gasteiger partial charge in [0.05, 0.1) is 17.5 Å². The molecule has 1 heterocycles. The van der Waals surface area contributed by atoms with Crippen LogP contribution in [0.2, 0.25) is 0 Å². The van der Waals surface area contributed by atoms with Gasteiger partial charge >= 0.3 is 0 Å². The topological polar surface area (TPSA) is 78.7 Å². The second-order valence-electron chi connectivity index (χ2n) is 5.46. The number of halogens is 1. The van der Waals surface area contributed by atoms with Crippen molar-refractivity contribution in [3.63, 3.8) is 0 Å². The molecule has 0 radical (unpaired) electrons. The fourth-order valence-electron chi connectivity index (χ4n) is 2.74. The first-order valence-electron chi connectivity index (χ1n) is 7.69. The van der Waals surface area contributed by atoms with Crippen LogP contribution in [0.4, 0.5) is 15.8 Å². The Labute approximate surface area is 134 Å². The molecule has 1 amide bonds. The predicted octanol–water partition coefficient (Wildman–Crippen LogP) is 1.38. The van der Waals surface area contributed by atoms with Gasteiger partial charge in [-0.25, -0.2) is 4.39 Å². The molecule has 0 atom stereocenters. The van der Waals surface area contributed by atoms with Crippen LogP contribution < -0.4 is 10.2 Å². The van der Waals surface area contributed by atoms with Gasteiger partial charge in [0.1, 0.15) is 11.5 Å². The van der Waals surface area contributed by atoms with Gasteiger partial charge < -0.3 is 10.2 Å². The zero-order chi connectivity index (χ0) is 16.8. The molecular weight excluding hydrogens is 303 g/mol. The van der Waals surface area contributed by atoms with Crippen LogP contribution in [0.1, 0.15) is 13.3 Å². The van der Waals surface area contributed by atoms with Crippen molar-refractivity contribution in [3.8, 4) is 0 Å². The molecule has 1 saturated heterocycles. The van der Waals surface area contributed by atoms with Crippen molar-refractivity contribution in [2.75, 3.05) is 44.2 Å². The van der Waals surface area contributed by atoms with E-state index in [4.69, 9.17) is 0 Å². The Morgan fingerprint density at radius 1 is 1.35 bits per heavy atom. The van der Waals surface area contributed by atoms with Crippen LogP contribution in [0.25, 0.3) is 0 Å². The van der Waals surface area contributed by atoms with Crippen LogP contribution in [-0.2, 0) is 4.79 Å². The van der Waals surface area contributed by atoms with Gasteiger partial charge in [-0.05, 0) is 25.5 Å². The number of nitrogens with one attached hydrogen (secondary N) is 1. The summed E-state index contributed by atoms with van der Waals surface area (Å²) in [5.41, 5.74) is 0.207. The molecule has 23 heavy (non-hydrogen) atoms. The molecule has 1 aromatic rings. The molecule has 1 N–H and O–H groups in total. The van der Waals surface area contributed by atoms with Crippen LogP contribution in [0.5, 0.6) is 0 Å². The summed E-state index contributed by atoms with van der Waals surface area (Å²) in [5, 5.41) is 13.9. The van der Waals surface area contributed by atoms with Crippen molar-refractivity contribution in [2.45, 2.75) is 13.3 Å². The minimum atomic E-state index is -0.617. The standard InChI is InChI=1S/C15H21FN4O3/c1-2-17-15(21)11-18-6-3-7-19(9-8-18)13-5-4-12(16)10-14(13)20(22)23/h4-5,10H,2-3,6-9,11H2,1H3,(H,17,21). The molecule has 8 heteroatoms. The molecule has 0 spiro atoms. The second-order valence-corrected chi connectivity index (χ2v) is 5.46. The Morgan fingerprint density at radius 3 is 2.83 bits per heavy atom. The molecule has 0 aromatic heterocycles. The fraction of sp³-hybridized carbons (Fsp3) is 0.533. The number of nitro benzene ring substituents is 1. The van der Waals surface area contributed by atoms with Gasteiger partial charge in [-0.1, -0.05) is 0 Å². The summed E-state index contributed by atoms with van der Waals surface area (Å²) in [6, 6.07) is 3.64. The summed E-state index contributed by atoms with van der Waals surface area (Å²) < 4.78 is 13.3. The number of nitrogens with zero attached hydrogens (tertiary/aromatic N) is 3. The average molecular weight is 324 g/mol. The molecule has 0 unspecified atom stereocenters. The van der Waals surface area contributed by atoms with Crippen LogP contribution in [-0.4, -0.2) is 55.0 Å². The fourth-order valence-corrected chi connectivity index (χ4v) is 2.74. The third kappa shape index (κ3) is 4.62. The minimum absolute atomic E-state index is 0.0197. The number of carbonyl (C=O) groups excluding carboxylic acids is 1. The molecule has 0 aliphatic carbocycles. The Bertz CT molecular complexity index is 582. The molecule has 2 rings (SSSR count). The van der Waals surface area contributed by atoms with Crippen LogP contribution in [0, 0.1) is 15.9 Å². The lowest BCUT2D eigenvalue weighted by atomic mass is 10.2. The number of benzene rings is 1. The highest BCUT2D eigenvalue weighted by Gasteiger charge is 2.23. The lowest BCUT2D eigenvalue weighted by molar-refractivity contribution is -0.384. The Kier molecular flexibility index (Phi) is 5.86. The summed E-state index contributed by atoms with van der Waals surface area (Å²) in [5.74, 6) is -0.637. The van der Waals surface area contributed by atoms with E-state index in [0.29, 0.717) is 38.4 Å². The molecule has 1 aromatic carbocycles. The number of rotatable bonds is 5. The van der Waals surface area contributed by atoms with Crippen LogP contribution in [0.3, 0.4) is 0 Å². The zero-order valence-electron chi connectivity index (χ0n) is 13.1. The van der Waals surface area contributed by atoms with E-state index in [-0.39, 0.29) is 11.6 Å². The predicted molar refractivity (Wildman–Crippen MR) is 85.0 cm³/mol. The molecule has 0 saturated carbocycles. The summed E-state index contributed by atoms with van der Waals surface area (Å²) in [6.07, 6.45) is 0.786. The maximum absolute atomic E-state index is 13.3. The smallest absolute Gasteiger partial charge is 0.295 e. The van der Waals surface area contributed by atoms with E-state index in [0.717, 1.165) is 19.0 Å². The highest BCUT2D eigenvalue weighted by atomic mass is 19.1. The lowest BCUT2D eigenvalue weighted by Gasteiger charge is -2.23. The molecule has 7 nitrogen and oxygen atoms in total. The summed E-state index contributed by atoms with van der Waals surface area (Å²) in [7, 11) is 0. The van der Waals surface area contributed by atoms with Gasteiger partial charge in [0.2, 0.25) is 5.91 Å². The highest BCUT2D eigenvalue weighted by Crippen LogP contribution is 2.29. The van der Waals surface area contributed by atoms with Gasteiger partial charge in [-0.3, -0.25) is 19.8 Å². The van der Waals surface area contributed by atoms with Crippen molar-refractivity contribution in [2.24, 2.45) is 0 Å². The highest BCUT2D eigenvalue weighted by molar-refractivity contribution is 5.77. The van der Waals surface area contributed by atoms with Gasteiger partial charge in [0, 0.05) is 32.7 Å². The molecule has 1 aliphatic heterocycles. The number of likely N-dealkylation sites (N-methyl/N-ethyl adjacent to an activating group) is 1. The van der Waals surface area contributed by atoms with E-state index in [1.165, 1.54) is 12.1 Å². The first-order valence-corrected chi connectivity index (χ1v) is 7.69. The summed E-state index contributed by atoms with van der Waals surface area (Å²) >= 11 is 0. The molecular formula is C15H21FN4O3. The Hall–Kier alpha value is -2.22. The molecule has 1 aliphatic rings. The van der Waals surface area contributed by atoms with Crippen molar-refractivity contribution in [3.05, 3.63) is 34.1 Å². The van der Waals surface area contributed by atoms with Crippen molar-refractivity contribution in [1.82, 2.24) is 10.2 Å². The normalized spacial score (nSPS) is 16.0. The average Bonchev–Trinajstić information content (AvgIpc) is 2.73. The zero-order valence-corrected chi connectivity index (χ0v) is 13.1. The summed E-state index contributed by atoms with van der Waals surface area (Å²) in [4.78, 5) is 26.1. The quantitative estimate of drug-likeness (QED) is 0.654. The Morgan fingerprint density at radius 2 is 2.13 bits per heavy atom. The van der Waals surface area contributed by atoms with Gasteiger partial charge in [-0.15, -0.1) is 0 Å². The van der Waals surface area contributed by atoms with E-state index in [9.17, 15) is 19.3 Å². The van der Waals surface area contributed by atoms with E-state index >= 15 is 0 Å². The summed E-state index contributed by atoms with van der Waals surface area (Å²) in [6.45, 7) is 5.38. The molecule has 0 bridgehead atoms. The van der Waals surface area contributed by atoms with Crippen molar-refractivity contribution in [1.29, 1.82) is 0 Å². The van der Waals surface area contributed by atoms with E-state index in [2.05, 4.69) is 5.32 Å². The SMILES string of the molecule is CCNC(=O)CN1CCCN(c2ccc(F)cc2[N+](=O)[O-])CC1. The van der Waals surface area contributed by atoms with Gasteiger partial charge in [0.15, 0.2) is 0 Å². The second kappa shape index (κ2) is 7.87. The number of amides is 1. The largest absolute Gasteiger partial charge is 0.365 e. The van der Waals surface area contributed by atoms with Crippen LogP contribution >= 0.6 is 0 Å². The van der Waals surface area contributed by atoms with Gasteiger partial charge in [0.25, 0.3) is 5.69 Å². The van der Waals surface area contributed by atoms with Crippen molar-refractivity contribution < 1.29 is 14.1 Å². The monoisotopic (exact) mass is 324 g/mol. The Balaban J connectivity index is 2.06. The van der Waals surface area contributed by atoms with Crippen molar-refractivity contribution >= 4 is 17.3 Å². The molecule has 126 valence electrons. The maximum Gasteiger partial charge on any atom is 0.295 e. The number of hydrogen-bond acceptors (Lipinski definition) is 5. The first kappa shape index (κ1) is 17.1. The number of carbonyl (C=O) groups is 1. The molecule has 1 fully saturated rings. The van der Waals surface area contributed by atoms with E-state index < -0.39 is 10.7 Å². The number of hydrogen-bond donors (Lipinski definition) is 1. The first-order chi connectivity index (χ1) is 11.0. The van der Waals surface area contributed by atoms with Gasteiger partial charge in [-0.2, -0.15) is 0 Å². The third-order valence-electron chi connectivity index (χ3n) is 3.80.